The van der Waals surface area contributed by atoms with Crippen LogP contribution in [0.5, 0.6) is 0 Å². The number of amides is 1. The molecule has 1 atom stereocenters. The van der Waals surface area contributed by atoms with Crippen molar-refractivity contribution in [1.29, 1.82) is 0 Å². The van der Waals surface area contributed by atoms with E-state index in [2.05, 4.69) is 22.5 Å². The standard InChI is InChI=1S/C14H21N3O/c1-10(11-5-3-4-6-11)17-14(18)12-7-8-16-9-13(12)15-2/h7-11,15H,3-6H2,1-2H3,(H,17,18). The van der Waals surface area contributed by atoms with Crippen LogP contribution in [0.3, 0.4) is 0 Å². The second-order valence-corrected chi connectivity index (χ2v) is 4.98. The Morgan fingerprint density at radius 2 is 2.17 bits per heavy atom. The van der Waals surface area contributed by atoms with E-state index in [1.807, 2.05) is 0 Å². The van der Waals surface area contributed by atoms with Crippen molar-refractivity contribution in [3.05, 3.63) is 24.0 Å². The van der Waals surface area contributed by atoms with Crippen LogP contribution in [0.1, 0.15) is 43.0 Å². The first-order valence-corrected chi connectivity index (χ1v) is 6.65. The van der Waals surface area contributed by atoms with Gasteiger partial charge in [0.15, 0.2) is 0 Å². The van der Waals surface area contributed by atoms with Crippen molar-refractivity contribution >= 4 is 11.6 Å². The molecule has 1 amide bonds. The molecule has 2 rings (SSSR count). The van der Waals surface area contributed by atoms with Crippen LogP contribution < -0.4 is 10.6 Å². The largest absolute Gasteiger partial charge is 0.386 e. The van der Waals surface area contributed by atoms with Crippen molar-refractivity contribution in [2.24, 2.45) is 5.92 Å². The third kappa shape index (κ3) is 2.81. The van der Waals surface area contributed by atoms with Crippen molar-refractivity contribution in [3.63, 3.8) is 0 Å². The van der Waals surface area contributed by atoms with Crippen LogP contribution in [0.2, 0.25) is 0 Å². The summed E-state index contributed by atoms with van der Waals surface area (Å²) >= 11 is 0. The fourth-order valence-electron chi connectivity index (χ4n) is 2.65. The van der Waals surface area contributed by atoms with Gasteiger partial charge in [-0.05, 0) is 31.7 Å². The van der Waals surface area contributed by atoms with Gasteiger partial charge in [0.2, 0.25) is 0 Å². The average molecular weight is 247 g/mol. The smallest absolute Gasteiger partial charge is 0.253 e. The van der Waals surface area contributed by atoms with E-state index in [4.69, 9.17) is 0 Å². The van der Waals surface area contributed by atoms with Crippen molar-refractivity contribution < 1.29 is 4.79 Å². The van der Waals surface area contributed by atoms with E-state index in [-0.39, 0.29) is 11.9 Å². The first-order chi connectivity index (χ1) is 8.72. The molecule has 4 heteroatoms. The number of carbonyl (C=O) groups is 1. The van der Waals surface area contributed by atoms with Crippen LogP contribution in [0.4, 0.5) is 5.69 Å². The third-order valence-corrected chi connectivity index (χ3v) is 3.80. The lowest BCUT2D eigenvalue weighted by atomic mass is 9.99. The summed E-state index contributed by atoms with van der Waals surface area (Å²) in [6, 6.07) is 2.00. The van der Waals surface area contributed by atoms with Gasteiger partial charge < -0.3 is 10.6 Å². The molecule has 1 saturated carbocycles. The quantitative estimate of drug-likeness (QED) is 0.859. The van der Waals surface area contributed by atoms with E-state index >= 15 is 0 Å². The molecule has 0 spiro atoms. The maximum atomic E-state index is 12.2. The van der Waals surface area contributed by atoms with Crippen LogP contribution in [0.15, 0.2) is 18.5 Å². The van der Waals surface area contributed by atoms with E-state index in [1.165, 1.54) is 25.7 Å². The zero-order valence-electron chi connectivity index (χ0n) is 11.1. The van der Waals surface area contributed by atoms with Crippen LogP contribution in [0, 0.1) is 5.92 Å². The number of carbonyl (C=O) groups excluding carboxylic acids is 1. The van der Waals surface area contributed by atoms with Gasteiger partial charge in [0, 0.05) is 19.3 Å². The number of nitrogens with one attached hydrogen (secondary N) is 2. The number of anilines is 1. The van der Waals surface area contributed by atoms with Gasteiger partial charge in [-0.15, -0.1) is 0 Å². The molecular formula is C14H21N3O. The Morgan fingerprint density at radius 1 is 1.44 bits per heavy atom. The van der Waals surface area contributed by atoms with Gasteiger partial charge in [0.1, 0.15) is 0 Å². The minimum Gasteiger partial charge on any atom is -0.386 e. The van der Waals surface area contributed by atoms with E-state index in [1.54, 1.807) is 25.5 Å². The van der Waals surface area contributed by atoms with E-state index in [0.29, 0.717) is 11.5 Å². The van der Waals surface area contributed by atoms with Gasteiger partial charge in [-0.1, -0.05) is 12.8 Å². The fraction of sp³-hybridized carbons (Fsp3) is 0.571. The SMILES string of the molecule is CNc1cnccc1C(=O)NC(C)C1CCCC1. The summed E-state index contributed by atoms with van der Waals surface area (Å²) in [5.41, 5.74) is 1.44. The third-order valence-electron chi connectivity index (χ3n) is 3.80. The minimum atomic E-state index is -0.0128. The lowest BCUT2D eigenvalue weighted by Crippen LogP contribution is -2.37. The Kier molecular flexibility index (Phi) is 4.18. The summed E-state index contributed by atoms with van der Waals surface area (Å²) in [5, 5.41) is 6.10. The second kappa shape index (κ2) is 5.85. The number of nitrogens with zero attached hydrogens (tertiary/aromatic N) is 1. The summed E-state index contributed by atoms with van der Waals surface area (Å²) in [6.07, 6.45) is 8.38. The normalized spacial score (nSPS) is 17.4. The predicted octanol–water partition coefficient (Wildman–Crippen LogP) is 2.43. The lowest BCUT2D eigenvalue weighted by Gasteiger charge is -2.21. The van der Waals surface area contributed by atoms with Crippen LogP contribution in [-0.4, -0.2) is 24.0 Å². The second-order valence-electron chi connectivity index (χ2n) is 4.98. The maximum Gasteiger partial charge on any atom is 0.253 e. The molecule has 1 heterocycles. The summed E-state index contributed by atoms with van der Waals surface area (Å²) in [7, 11) is 1.80. The first kappa shape index (κ1) is 12.9. The summed E-state index contributed by atoms with van der Waals surface area (Å²) in [4.78, 5) is 16.2. The van der Waals surface area contributed by atoms with Gasteiger partial charge >= 0.3 is 0 Å². The Balaban J connectivity index is 2.02. The molecule has 1 aliphatic rings. The molecule has 4 nitrogen and oxygen atoms in total. The maximum absolute atomic E-state index is 12.2. The molecule has 0 aliphatic heterocycles. The highest BCUT2D eigenvalue weighted by atomic mass is 16.1. The fourth-order valence-corrected chi connectivity index (χ4v) is 2.65. The number of pyridine rings is 1. The molecule has 1 fully saturated rings. The molecule has 0 radical (unpaired) electrons. The number of hydrogen-bond donors (Lipinski definition) is 2. The van der Waals surface area contributed by atoms with Gasteiger partial charge in [0.25, 0.3) is 5.91 Å². The predicted molar refractivity (Wildman–Crippen MR) is 72.7 cm³/mol. The Bertz CT molecular complexity index is 413. The highest BCUT2D eigenvalue weighted by Gasteiger charge is 2.23. The highest BCUT2D eigenvalue weighted by Crippen LogP contribution is 2.27. The Labute approximate surface area is 108 Å². The zero-order chi connectivity index (χ0) is 13.0. The zero-order valence-corrected chi connectivity index (χ0v) is 11.1. The minimum absolute atomic E-state index is 0.0128. The molecule has 0 saturated heterocycles. The van der Waals surface area contributed by atoms with Crippen molar-refractivity contribution in [1.82, 2.24) is 10.3 Å². The van der Waals surface area contributed by atoms with Crippen LogP contribution in [0.25, 0.3) is 0 Å². The number of rotatable bonds is 4. The van der Waals surface area contributed by atoms with Crippen molar-refractivity contribution in [2.45, 2.75) is 38.6 Å². The van der Waals surface area contributed by atoms with Crippen LogP contribution >= 0.6 is 0 Å². The van der Waals surface area contributed by atoms with Crippen molar-refractivity contribution in [3.8, 4) is 0 Å². The van der Waals surface area contributed by atoms with Gasteiger partial charge in [-0.2, -0.15) is 0 Å². The molecule has 0 aromatic carbocycles. The molecule has 2 N–H and O–H groups in total. The molecule has 0 bridgehead atoms. The van der Waals surface area contributed by atoms with Gasteiger partial charge in [0.05, 0.1) is 17.4 Å². The molecular weight excluding hydrogens is 226 g/mol. The Morgan fingerprint density at radius 3 is 2.83 bits per heavy atom. The first-order valence-electron chi connectivity index (χ1n) is 6.65. The molecule has 98 valence electrons. The highest BCUT2D eigenvalue weighted by molar-refractivity contribution is 5.99. The van der Waals surface area contributed by atoms with Gasteiger partial charge in [-0.25, -0.2) is 0 Å². The molecule has 1 aromatic heterocycles. The topological polar surface area (TPSA) is 54.0 Å². The number of aromatic nitrogens is 1. The summed E-state index contributed by atoms with van der Waals surface area (Å²) in [5.74, 6) is 0.620. The molecule has 18 heavy (non-hydrogen) atoms. The summed E-state index contributed by atoms with van der Waals surface area (Å²) in [6.45, 7) is 2.11. The average Bonchev–Trinajstić information content (AvgIpc) is 2.92. The van der Waals surface area contributed by atoms with E-state index < -0.39 is 0 Å². The monoisotopic (exact) mass is 247 g/mol. The number of hydrogen-bond acceptors (Lipinski definition) is 3. The molecule has 1 aliphatic carbocycles. The van der Waals surface area contributed by atoms with E-state index in [0.717, 1.165) is 5.69 Å². The van der Waals surface area contributed by atoms with E-state index in [9.17, 15) is 4.79 Å². The van der Waals surface area contributed by atoms with Crippen LogP contribution in [-0.2, 0) is 0 Å². The lowest BCUT2D eigenvalue weighted by molar-refractivity contribution is 0.0928. The summed E-state index contributed by atoms with van der Waals surface area (Å²) < 4.78 is 0. The molecule has 1 unspecified atom stereocenters. The van der Waals surface area contributed by atoms with Crippen molar-refractivity contribution in [2.75, 3.05) is 12.4 Å². The Hall–Kier alpha value is -1.58. The molecule has 1 aromatic rings. The van der Waals surface area contributed by atoms with Gasteiger partial charge in [-0.3, -0.25) is 9.78 Å².